The van der Waals surface area contributed by atoms with E-state index in [1.54, 1.807) is 41.4 Å². The van der Waals surface area contributed by atoms with E-state index in [-0.39, 0.29) is 5.82 Å². The predicted octanol–water partition coefficient (Wildman–Crippen LogP) is 3.89. The van der Waals surface area contributed by atoms with Crippen LogP contribution < -0.4 is 4.74 Å². The van der Waals surface area contributed by atoms with Crippen molar-refractivity contribution in [2.45, 2.75) is 17.5 Å². The van der Waals surface area contributed by atoms with Crippen LogP contribution in [0.2, 0.25) is 0 Å². The summed E-state index contributed by atoms with van der Waals surface area (Å²) in [6.07, 6.45) is 3.71. The van der Waals surface area contributed by atoms with Gasteiger partial charge in [0.05, 0.1) is 5.69 Å². The number of hydrogen-bond donors (Lipinski definition) is 0. The molecule has 1 aromatic carbocycles. The summed E-state index contributed by atoms with van der Waals surface area (Å²) in [4.78, 5) is 8.80. The van der Waals surface area contributed by atoms with Crippen LogP contribution >= 0.6 is 23.1 Å². The Bertz CT molecular complexity index is 739. The topological polar surface area (TPSA) is 39.9 Å². The SMILES string of the molecule is Cn1ccnc1SCc1csc(COc2ccc(F)cc2)n1. The van der Waals surface area contributed by atoms with Crippen LogP contribution in [-0.2, 0) is 19.4 Å². The second-order valence-electron chi connectivity index (χ2n) is 4.58. The lowest BCUT2D eigenvalue weighted by atomic mass is 10.3. The molecule has 0 aliphatic carbocycles. The zero-order valence-corrected chi connectivity index (χ0v) is 13.5. The number of imidazole rings is 1. The maximum atomic E-state index is 12.8. The number of aromatic nitrogens is 3. The monoisotopic (exact) mass is 335 g/mol. The molecule has 3 rings (SSSR count). The molecule has 0 saturated carbocycles. The number of benzene rings is 1. The van der Waals surface area contributed by atoms with Gasteiger partial charge in [-0.25, -0.2) is 14.4 Å². The molecule has 0 amide bonds. The smallest absolute Gasteiger partial charge is 0.168 e. The number of nitrogens with zero attached hydrogens (tertiary/aromatic N) is 3. The second kappa shape index (κ2) is 6.93. The minimum Gasteiger partial charge on any atom is -0.486 e. The molecule has 2 aromatic heterocycles. The van der Waals surface area contributed by atoms with Crippen LogP contribution in [-0.4, -0.2) is 14.5 Å². The molecule has 0 fully saturated rings. The van der Waals surface area contributed by atoms with E-state index < -0.39 is 0 Å². The molecule has 0 aliphatic rings. The molecular formula is C15H14FN3OS2. The number of aryl methyl sites for hydroxylation is 1. The Morgan fingerprint density at radius 2 is 2.14 bits per heavy atom. The van der Waals surface area contributed by atoms with Crippen LogP contribution in [0, 0.1) is 5.82 Å². The molecule has 7 heteroatoms. The molecule has 3 aromatic rings. The summed E-state index contributed by atoms with van der Waals surface area (Å²) in [5.41, 5.74) is 1.01. The summed E-state index contributed by atoms with van der Waals surface area (Å²) in [5.74, 6) is 1.15. The third-order valence-electron chi connectivity index (χ3n) is 2.90. The third-order valence-corrected chi connectivity index (χ3v) is 4.86. The summed E-state index contributed by atoms with van der Waals surface area (Å²) in [7, 11) is 1.97. The molecule has 114 valence electrons. The quantitative estimate of drug-likeness (QED) is 0.641. The van der Waals surface area contributed by atoms with Crippen LogP contribution in [0.1, 0.15) is 10.7 Å². The third kappa shape index (κ3) is 3.86. The van der Waals surface area contributed by atoms with Gasteiger partial charge in [0.2, 0.25) is 0 Å². The average Bonchev–Trinajstić information content (AvgIpc) is 3.13. The highest BCUT2D eigenvalue weighted by atomic mass is 32.2. The van der Waals surface area contributed by atoms with Gasteiger partial charge in [0.15, 0.2) is 5.16 Å². The average molecular weight is 335 g/mol. The molecule has 0 atom stereocenters. The highest BCUT2D eigenvalue weighted by Crippen LogP contribution is 2.22. The molecule has 4 nitrogen and oxygen atoms in total. The van der Waals surface area contributed by atoms with Crippen molar-refractivity contribution in [1.29, 1.82) is 0 Å². The maximum Gasteiger partial charge on any atom is 0.168 e. The van der Waals surface area contributed by atoms with E-state index in [4.69, 9.17) is 4.74 Å². The summed E-state index contributed by atoms with van der Waals surface area (Å²) >= 11 is 3.21. The zero-order valence-electron chi connectivity index (χ0n) is 11.9. The fourth-order valence-corrected chi connectivity index (χ4v) is 3.42. The molecular weight excluding hydrogens is 321 g/mol. The highest BCUT2D eigenvalue weighted by molar-refractivity contribution is 7.98. The summed E-state index contributed by atoms with van der Waals surface area (Å²) < 4.78 is 20.4. The van der Waals surface area contributed by atoms with Crippen LogP contribution in [0.5, 0.6) is 5.75 Å². The Morgan fingerprint density at radius 3 is 2.86 bits per heavy atom. The molecule has 0 N–H and O–H groups in total. The zero-order chi connectivity index (χ0) is 15.4. The van der Waals surface area contributed by atoms with Gasteiger partial charge in [-0.15, -0.1) is 11.3 Å². The van der Waals surface area contributed by atoms with Gasteiger partial charge in [-0.05, 0) is 24.3 Å². The Kier molecular flexibility index (Phi) is 4.74. The van der Waals surface area contributed by atoms with Gasteiger partial charge in [0.1, 0.15) is 23.2 Å². The van der Waals surface area contributed by atoms with Crippen LogP contribution in [0.3, 0.4) is 0 Å². The number of hydrogen-bond acceptors (Lipinski definition) is 5. The van der Waals surface area contributed by atoms with Crippen LogP contribution in [0.15, 0.2) is 47.2 Å². The van der Waals surface area contributed by atoms with Crippen molar-refractivity contribution in [2.24, 2.45) is 7.05 Å². The van der Waals surface area contributed by atoms with E-state index in [1.807, 2.05) is 23.2 Å². The summed E-state index contributed by atoms with van der Waals surface area (Å²) in [6, 6.07) is 5.99. The fourth-order valence-electron chi connectivity index (χ4n) is 1.79. The Balaban J connectivity index is 1.52. The minimum atomic E-state index is -0.268. The molecule has 0 unspecified atom stereocenters. The largest absolute Gasteiger partial charge is 0.486 e. The molecule has 0 radical (unpaired) electrons. The lowest BCUT2D eigenvalue weighted by molar-refractivity contribution is 0.305. The normalized spacial score (nSPS) is 10.8. The predicted molar refractivity (Wildman–Crippen MR) is 85.6 cm³/mol. The first-order chi connectivity index (χ1) is 10.7. The first kappa shape index (κ1) is 15.1. The molecule has 0 spiro atoms. The minimum absolute atomic E-state index is 0.268. The van der Waals surface area contributed by atoms with E-state index in [2.05, 4.69) is 9.97 Å². The lowest BCUT2D eigenvalue weighted by Gasteiger charge is -2.03. The van der Waals surface area contributed by atoms with E-state index in [0.29, 0.717) is 12.4 Å². The molecule has 2 heterocycles. The van der Waals surface area contributed by atoms with Gasteiger partial charge < -0.3 is 9.30 Å². The van der Waals surface area contributed by atoms with E-state index in [0.717, 1.165) is 21.6 Å². The molecule has 0 saturated heterocycles. The van der Waals surface area contributed by atoms with Gasteiger partial charge in [0.25, 0.3) is 0 Å². The lowest BCUT2D eigenvalue weighted by Crippen LogP contribution is -1.95. The summed E-state index contributed by atoms with van der Waals surface area (Å²) in [5, 5.41) is 3.90. The van der Waals surface area contributed by atoms with Gasteiger partial charge in [-0.3, -0.25) is 0 Å². The molecule has 22 heavy (non-hydrogen) atoms. The number of halogens is 1. The van der Waals surface area contributed by atoms with E-state index >= 15 is 0 Å². The van der Waals surface area contributed by atoms with Crippen LogP contribution in [0.25, 0.3) is 0 Å². The number of rotatable bonds is 6. The van der Waals surface area contributed by atoms with Crippen molar-refractivity contribution in [1.82, 2.24) is 14.5 Å². The number of ether oxygens (including phenoxy) is 1. The van der Waals surface area contributed by atoms with Crippen molar-refractivity contribution in [2.75, 3.05) is 0 Å². The van der Waals surface area contributed by atoms with E-state index in [1.165, 1.54) is 12.1 Å². The van der Waals surface area contributed by atoms with Crippen molar-refractivity contribution in [3.05, 3.63) is 58.6 Å². The maximum absolute atomic E-state index is 12.8. The van der Waals surface area contributed by atoms with Crippen molar-refractivity contribution in [3.8, 4) is 5.75 Å². The van der Waals surface area contributed by atoms with Crippen molar-refractivity contribution in [3.63, 3.8) is 0 Å². The highest BCUT2D eigenvalue weighted by Gasteiger charge is 2.06. The van der Waals surface area contributed by atoms with Crippen molar-refractivity contribution >= 4 is 23.1 Å². The van der Waals surface area contributed by atoms with Crippen molar-refractivity contribution < 1.29 is 9.13 Å². The van der Waals surface area contributed by atoms with Gasteiger partial charge >= 0.3 is 0 Å². The fraction of sp³-hybridized carbons (Fsp3) is 0.200. The standard InChI is InChI=1S/C15H14FN3OS2/c1-19-7-6-17-15(19)22-10-12-9-21-14(18-12)8-20-13-4-2-11(16)3-5-13/h2-7,9H,8,10H2,1H3. The number of thioether (sulfide) groups is 1. The Hall–Kier alpha value is -1.86. The van der Waals surface area contributed by atoms with Gasteiger partial charge in [-0.2, -0.15) is 0 Å². The van der Waals surface area contributed by atoms with Gasteiger partial charge in [-0.1, -0.05) is 11.8 Å². The number of thiazole rings is 1. The van der Waals surface area contributed by atoms with E-state index in [9.17, 15) is 4.39 Å². The molecule has 0 bridgehead atoms. The first-order valence-electron chi connectivity index (χ1n) is 6.62. The first-order valence-corrected chi connectivity index (χ1v) is 8.49. The Morgan fingerprint density at radius 1 is 1.32 bits per heavy atom. The van der Waals surface area contributed by atoms with Gasteiger partial charge in [0, 0.05) is 30.6 Å². The molecule has 0 aliphatic heterocycles. The summed E-state index contributed by atoms with van der Waals surface area (Å²) in [6.45, 7) is 0.392. The second-order valence-corrected chi connectivity index (χ2v) is 6.47. The van der Waals surface area contributed by atoms with Crippen LogP contribution in [0.4, 0.5) is 4.39 Å². The Labute approximate surface area is 136 Å².